The van der Waals surface area contributed by atoms with E-state index >= 15 is 0 Å². The van der Waals surface area contributed by atoms with Crippen LogP contribution in [0.3, 0.4) is 0 Å². The average molecular weight is 144 g/mol. The predicted molar refractivity (Wildman–Crippen MR) is 35.9 cm³/mol. The Morgan fingerprint density at radius 2 is 2.60 bits per heavy atom. The molecule has 4 heteroatoms. The SMILES string of the molecule is CCN1OC(CN)CC1=O. The van der Waals surface area contributed by atoms with Gasteiger partial charge < -0.3 is 5.73 Å². The summed E-state index contributed by atoms with van der Waals surface area (Å²) >= 11 is 0. The molecule has 2 N–H and O–H groups in total. The number of carbonyl (C=O) groups is 1. The second-order valence-corrected chi connectivity index (χ2v) is 2.26. The van der Waals surface area contributed by atoms with E-state index < -0.39 is 0 Å². The van der Waals surface area contributed by atoms with E-state index in [1.54, 1.807) is 0 Å². The minimum atomic E-state index is -0.0903. The van der Waals surface area contributed by atoms with Crippen LogP contribution in [0.15, 0.2) is 0 Å². The Labute approximate surface area is 59.9 Å². The first-order valence-electron chi connectivity index (χ1n) is 3.45. The number of hydrogen-bond acceptors (Lipinski definition) is 3. The molecule has 1 unspecified atom stereocenters. The minimum Gasteiger partial charge on any atom is -0.328 e. The molecule has 0 saturated carbocycles. The molecule has 1 aliphatic rings. The smallest absolute Gasteiger partial charge is 0.248 e. The third-order valence-corrected chi connectivity index (χ3v) is 1.51. The Balaban J connectivity index is 2.44. The zero-order valence-corrected chi connectivity index (χ0v) is 6.04. The second kappa shape index (κ2) is 2.98. The van der Waals surface area contributed by atoms with Crippen LogP contribution in [-0.2, 0) is 9.63 Å². The van der Waals surface area contributed by atoms with Gasteiger partial charge in [-0.25, -0.2) is 5.06 Å². The Kier molecular flexibility index (Phi) is 2.24. The first kappa shape index (κ1) is 7.50. The zero-order chi connectivity index (χ0) is 7.56. The number of amides is 1. The summed E-state index contributed by atoms with van der Waals surface area (Å²) in [5.41, 5.74) is 5.31. The summed E-state index contributed by atoms with van der Waals surface area (Å²) in [5.74, 6) is 0.0398. The van der Waals surface area contributed by atoms with Gasteiger partial charge in [0.1, 0.15) is 6.10 Å². The van der Waals surface area contributed by atoms with Gasteiger partial charge in [-0.2, -0.15) is 0 Å². The molecule has 1 saturated heterocycles. The van der Waals surface area contributed by atoms with Gasteiger partial charge in [0.25, 0.3) is 0 Å². The summed E-state index contributed by atoms with van der Waals surface area (Å²) in [4.78, 5) is 16.1. The Morgan fingerprint density at radius 1 is 1.90 bits per heavy atom. The van der Waals surface area contributed by atoms with Gasteiger partial charge in [0, 0.05) is 13.1 Å². The van der Waals surface area contributed by atoms with Gasteiger partial charge in [-0.1, -0.05) is 0 Å². The maximum Gasteiger partial charge on any atom is 0.248 e. The van der Waals surface area contributed by atoms with Crippen LogP contribution < -0.4 is 5.73 Å². The van der Waals surface area contributed by atoms with E-state index in [2.05, 4.69) is 0 Å². The van der Waals surface area contributed by atoms with Gasteiger partial charge in [-0.3, -0.25) is 9.63 Å². The van der Waals surface area contributed by atoms with Crippen LogP contribution in [-0.4, -0.2) is 30.2 Å². The fourth-order valence-electron chi connectivity index (χ4n) is 0.950. The van der Waals surface area contributed by atoms with Crippen molar-refractivity contribution >= 4 is 5.91 Å². The van der Waals surface area contributed by atoms with Crippen molar-refractivity contribution in [3.05, 3.63) is 0 Å². The minimum absolute atomic E-state index is 0.0398. The van der Waals surface area contributed by atoms with E-state index in [0.717, 1.165) is 0 Å². The van der Waals surface area contributed by atoms with Crippen molar-refractivity contribution in [2.45, 2.75) is 19.4 Å². The molecule has 1 atom stereocenters. The number of carbonyl (C=O) groups excluding carboxylic acids is 1. The molecule has 10 heavy (non-hydrogen) atoms. The Morgan fingerprint density at radius 3 is 2.90 bits per heavy atom. The number of hydrogen-bond donors (Lipinski definition) is 1. The molecule has 0 aromatic heterocycles. The van der Waals surface area contributed by atoms with Crippen LogP contribution in [0.2, 0.25) is 0 Å². The normalized spacial score (nSPS) is 26.0. The largest absolute Gasteiger partial charge is 0.328 e. The highest BCUT2D eigenvalue weighted by molar-refractivity contribution is 5.77. The first-order chi connectivity index (χ1) is 4.77. The van der Waals surface area contributed by atoms with Crippen molar-refractivity contribution in [3.8, 4) is 0 Å². The lowest BCUT2D eigenvalue weighted by atomic mass is 10.2. The van der Waals surface area contributed by atoms with Crippen molar-refractivity contribution in [3.63, 3.8) is 0 Å². The maximum atomic E-state index is 10.9. The lowest BCUT2D eigenvalue weighted by molar-refractivity contribution is -0.170. The van der Waals surface area contributed by atoms with E-state index in [4.69, 9.17) is 10.6 Å². The van der Waals surface area contributed by atoms with E-state index in [-0.39, 0.29) is 12.0 Å². The molecule has 0 radical (unpaired) electrons. The van der Waals surface area contributed by atoms with Gasteiger partial charge in [0.15, 0.2) is 0 Å². The first-order valence-corrected chi connectivity index (χ1v) is 3.45. The van der Waals surface area contributed by atoms with Crippen LogP contribution >= 0.6 is 0 Å². The fourth-order valence-corrected chi connectivity index (χ4v) is 0.950. The molecule has 0 aliphatic carbocycles. The molecule has 1 amide bonds. The Hall–Kier alpha value is -0.610. The summed E-state index contributed by atoms with van der Waals surface area (Å²) < 4.78 is 0. The summed E-state index contributed by atoms with van der Waals surface area (Å²) in [6, 6.07) is 0. The van der Waals surface area contributed by atoms with Gasteiger partial charge in [0.05, 0.1) is 6.42 Å². The summed E-state index contributed by atoms with van der Waals surface area (Å²) in [6.07, 6.45) is 0.345. The van der Waals surface area contributed by atoms with Crippen molar-refractivity contribution < 1.29 is 9.63 Å². The maximum absolute atomic E-state index is 10.9. The average Bonchev–Trinajstić information content (AvgIpc) is 2.30. The van der Waals surface area contributed by atoms with Crippen LogP contribution in [0.25, 0.3) is 0 Å². The predicted octanol–water partition coefficient (Wildman–Crippen LogP) is -0.503. The van der Waals surface area contributed by atoms with E-state index in [1.807, 2.05) is 6.92 Å². The highest BCUT2D eigenvalue weighted by Crippen LogP contribution is 2.12. The van der Waals surface area contributed by atoms with Gasteiger partial charge in [-0.15, -0.1) is 0 Å². The lowest BCUT2D eigenvalue weighted by Gasteiger charge is -2.11. The van der Waals surface area contributed by atoms with Crippen molar-refractivity contribution in [2.75, 3.05) is 13.1 Å². The summed E-state index contributed by atoms with van der Waals surface area (Å²) in [7, 11) is 0. The van der Waals surface area contributed by atoms with Crippen LogP contribution in [0.1, 0.15) is 13.3 Å². The Bertz CT molecular complexity index is 138. The molecule has 0 spiro atoms. The van der Waals surface area contributed by atoms with E-state index in [9.17, 15) is 4.79 Å². The topological polar surface area (TPSA) is 55.6 Å². The quantitative estimate of drug-likeness (QED) is 0.568. The molecule has 1 rings (SSSR count). The third kappa shape index (κ3) is 1.27. The number of hydroxylamine groups is 2. The molecular formula is C6H12N2O2. The molecule has 4 nitrogen and oxygen atoms in total. The van der Waals surface area contributed by atoms with Crippen molar-refractivity contribution in [1.29, 1.82) is 0 Å². The van der Waals surface area contributed by atoms with Crippen molar-refractivity contribution in [1.82, 2.24) is 5.06 Å². The van der Waals surface area contributed by atoms with E-state index in [0.29, 0.717) is 19.5 Å². The second-order valence-electron chi connectivity index (χ2n) is 2.26. The molecule has 1 fully saturated rings. The van der Waals surface area contributed by atoms with Crippen LogP contribution in [0, 0.1) is 0 Å². The highest BCUT2D eigenvalue weighted by Gasteiger charge is 2.28. The molecular weight excluding hydrogens is 132 g/mol. The summed E-state index contributed by atoms with van der Waals surface area (Å²) in [6.45, 7) is 2.90. The van der Waals surface area contributed by atoms with Crippen LogP contribution in [0.4, 0.5) is 0 Å². The monoisotopic (exact) mass is 144 g/mol. The molecule has 0 aromatic rings. The molecule has 1 heterocycles. The van der Waals surface area contributed by atoms with Crippen LogP contribution in [0.5, 0.6) is 0 Å². The molecule has 0 aromatic carbocycles. The zero-order valence-electron chi connectivity index (χ0n) is 6.04. The molecule has 0 bridgehead atoms. The number of nitrogens with two attached hydrogens (primary N) is 1. The van der Waals surface area contributed by atoms with Crippen molar-refractivity contribution in [2.24, 2.45) is 5.73 Å². The number of nitrogens with zero attached hydrogens (tertiary/aromatic N) is 1. The highest BCUT2D eigenvalue weighted by atomic mass is 16.7. The molecule has 1 aliphatic heterocycles. The number of rotatable bonds is 2. The lowest BCUT2D eigenvalue weighted by Crippen LogP contribution is -2.25. The van der Waals surface area contributed by atoms with Gasteiger partial charge in [0.2, 0.25) is 5.91 Å². The van der Waals surface area contributed by atoms with Gasteiger partial charge in [-0.05, 0) is 6.92 Å². The standard InChI is InChI=1S/C6H12N2O2/c1-2-8-6(9)3-5(4-7)10-8/h5H,2-4,7H2,1H3. The summed E-state index contributed by atoms with van der Waals surface area (Å²) in [5, 5.41) is 1.36. The van der Waals surface area contributed by atoms with E-state index in [1.165, 1.54) is 5.06 Å². The third-order valence-electron chi connectivity index (χ3n) is 1.51. The van der Waals surface area contributed by atoms with Gasteiger partial charge >= 0.3 is 0 Å². The molecule has 58 valence electrons. The fraction of sp³-hybridized carbons (Fsp3) is 0.833.